The highest BCUT2D eigenvalue weighted by Gasteiger charge is 2.02. The van der Waals surface area contributed by atoms with Crippen LogP contribution < -0.4 is 0 Å². The molecule has 0 aliphatic rings. The first-order chi connectivity index (χ1) is 8.33. The Labute approximate surface area is 106 Å². The van der Waals surface area contributed by atoms with E-state index in [2.05, 4.69) is 31.2 Å². The number of hydrogen-bond acceptors (Lipinski definition) is 2. The average molecular weight is 242 g/mol. The number of aryl methyl sites for hydroxylation is 1. The highest BCUT2D eigenvalue weighted by atomic mass is 32.2. The predicted molar refractivity (Wildman–Crippen MR) is 71.8 cm³/mol. The lowest BCUT2D eigenvalue weighted by atomic mass is 10.2. The van der Waals surface area contributed by atoms with Crippen LogP contribution in [-0.2, 0) is 6.42 Å². The van der Waals surface area contributed by atoms with Crippen LogP contribution in [0, 0.1) is 0 Å². The summed E-state index contributed by atoms with van der Waals surface area (Å²) >= 11 is 1.74. The van der Waals surface area contributed by atoms with Gasteiger partial charge in [0.05, 0.1) is 0 Å². The van der Waals surface area contributed by atoms with Crippen molar-refractivity contribution in [2.75, 3.05) is 0 Å². The van der Waals surface area contributed by atoms with Crippen molar-refractivity contribution >= 4 is 18.0 Å². The quantitative estimate of drug-likeness (QED) is 0.747. The second-order valence-corrected chi connectivity index (χ2v) is 4.87. The summed E-state index contributed by atoms with van der Waals surface area (Å²) in [7, 11) is 0. The fraction of sp³-hybridized carbons (Fsp3) is 0.133. The smallest absolute Gasteiger partial charge is 0.150 e. The van der Waals surface area contributed by atoms with Crippen LogP contribution in [0.5, 0.6) is 0 Å². The third-order valence-corrected chi connectivity index (χ3v) is 3.72. The molecule has 0 atom stereocenters. The zero-order chi connectivity index (χ0) is 12.1. The molecule has 0 heterocycles. The van der Waals surface area contributed by atoms with E-state index in [0.717, 1.165) is 23.2 Å². The molecule has 2 heteroatoms. The first-order valence-electron chi connectivity index (χ1n) is 5.64. The van der Waals surface area contributed by atoms with Gasteiger partial charge in [-0.25, -0.2) is 0 Å². The normalized spacial score (nSPS) is 10.2. The van der Waals surface area contributed by atoms with E-state index in [0.29, 0.717) is 0 Å². The monoisotopic (exact) mass is 242 g/mol. The number of hydrogen-bond donors (Lipinski definition) is 0. The minimum atomic E-state index is 0.720. The van der Waals surface area contributed by atoms with E-state index in [1.54, 1.807) is 11.8 Å². The van der Waals surface area contributed by atoms with Crippen LogP contribution in [0.4, 0.5) is 0 Å². The Kier molecular flexibility index (Phi) is 3.99. The van der Waals surface area contributed by atoms with Gasteiger partial charge in [0.25, 0.3) is 0 Å². The molecule has 0 aliphatic carbocycles. The molecule has 0 N–H and O–H groups in total. The van der Waals surface area contributed by atoms with Gasteiger partial charge in [-0.2, -0.15) is 0 Å². The summed E-state index contributed by atoms with van der Waals surface area (Å²) in [6, 6.07) is 16.1. The van der Waals surface area contributed by atoms with Crippen LogP contribution in [0.15, 0.2) is 58.3 Å². The van der Waals surface area contributed by atoms with Gasteiger partial charge in [-0.15, -0.1) is 0 Å². The predicted octanol–water partition coefficient (Wildman–Crippen LogP) is 4.21. The Balaban J connectivity index is 2.21. The van der Waals surface area contributed by atoms with Crippen molar-refractivity contribution in [1.82, 2.24) is 0 Å². The van der Waals surface area contributed by atoms with Crippen LogP contribution in [0.1, 0.15) is 22.8 Å². The summed E-state index contributed by atoms with van der Waals surface area (Å²) in [5, 5.41) is 0. The van der Waals surface area contributed by atoms with E-state index < -0.39 is 0 Å². The summed E-state index contributed by atoms with van der Waals surface area (Å²) in [5.74, 6) is 0. The van der Waals surface area contributed by atoms with Crippen molar-refractivity contribution in [1.29, 1.82) is 0 Å². The number of carbonyl (C=O) groups is 1. The maximum atomic E-state index is 10.6. The van der Waals surface area contributed by atoms with E-state index in [9.17, 15) is 4.79 Å². The average Bonchev–Trinajstić information content (AvgIpc) is 2.40. The lowest BCUT2D eigenvalue weighted by molar-refractivity contribution is 0.112. The van der Waals surface area contributed by atoms with E-state index in [-0.39, 0.29) is 0 Å². The molecule has 0 saturated heterocycles. The zero-order valence-corrected chi connectivity index (χ0v) is 10.5. The highest BCUT2D eigenvalue weighted by molar-refractivity contribution is 7.99. The lowest BCUT2D eigenvalue weighted by Crippen LogP contribution is -1.84. The first-order valence-corrected chi connectivity index (χ1v) is 6.46. The molecule has 0 aromatic heterocycles. The molecule has 2 aromatic carbocycles. The Bertz CT molecular complexity index is 503. The zero-order valence-electron chi connectivity index (χ0n) is 9.72. The third-order valence-electron chi connectivity index (χ3n) is 2.60. The molecule has 0 radical (unpaired) electrons. The second-order valence-electron chi connectivity index (χ2n) is 3.75. The molecule has 17 heavy (non-hydrogen) atoms. The first kappa shape index (κ1) is 11.9. The Morgan fingerprint density at radius 1 is 1.06 bits per heavy atom. The Morgan fingerprint density at radius 2 is 1.76 bits per heavy atom. The van der Waals surface area contributed by atoms with Gasteiger partial charge in [0.15, 0.2) is 0 Å². The van der Waals surface area contributed by atoms with Gasteiger partial charge in [0.2, 0.25) is 0 Å². The number of aldehydes is 1. The second kappa shape index (κ2) is 5.69. The molecular formula is C15H14OS. The largest absolute Gasteiger partial charge is 0.298 e. The lowest BCUT2D eigenvalue weighted by Gasteiger charge is -2.06. The maximum Gasteiger partial charge on any atom is 0.150 e. The van der Waals surface area contributed by atoms with Crippen molar-refractivity contribution < 1.29 is 4.79 Å². The summed E-state index contributed by atoms with van der Waals surface area (Å²) in [4.78, 5) is 13.0. The number of rotatable bonds is 4. The summed E-state index contributed by atoms with van der Waals surface area (Å²) in [6.45, 7) is 2.16. The minimum Gasteiger partial charge on any atom is -0.298 e. The molecule has 0 bridgehead atoms. The Morgan fingerprint density at radius 3 is 2.41 bits per heavy atom. The topological polar surface area (TPSA) is 17.1 Å². The summed E-state index contributed by atoms with van der Waals surface area (Å²) < 4.78 is 0. The third kappa shape index (κ3) is 2.98. The van der Waals surface area contributed by atoms with Crippen molar-refractivity contribution in [2.24, 2.45) is 0 Å². The van der Waals surface area contributed by atoms with Crippen molar-refractivity contribution in [3.8, 4) is 0 Å². The number of benzene rings is 2. The molecule has 2 aromatic rings. The molecule has 86 valence electrons. The maximum absolute atomic E-state index is 10.6. The van der Waals surface area contributed by atoms with Crippen LogP contribution in [-0.4, -0.2) is 6.29 Å². The molecule has 2 rings (SSSR count). The highest BCUT2D eigenvalue weighted by Crippen LogP contribution is 2.30. The minimum absolute atomic E-state index is 0.720. The molecule has 0 aliphatic heterocycles. The van der Waals surface area contributed by atoms with E-state index in [1.165, 1.54) is 10.5 Å². The molecule has 0 saturated carbocycles. The molecule has 0 fully saturated rings. The standard InChI is InChI=1S/C15H14OS/c1-2-13-5-3-4-6-15(13)17-14-9-7-12(11-16)8-10-14/h3-11H,2H2,1H3. The molecule has 0 spiro atoms. The van der Waals surface area contributed by atoms with Gasteiger partial charge in [0, 0.05) is 15.4 Å². The Hall–Kier alpha value is -1.54. The van der Waals surface area contributed by atoms with Gasteiger partial charge in [-0.05, 0) is 30.2 Å². The van der Waals surface area contributed by atoms with E-state index in [1.807, 2.05) is 24.3 Å². The van der Waals surface area contributed by atoms with Crippen molar-refractivity contribution in [3.63, 3.8) is 0 Å². The summed E-state index contributed by atoms with van der Waals surface area (Å²) in [6.07, 6.45) is 1.91. The fourth-order valence-corrected chi connectivity index (χ4v) is 2.65. The van der Waals surface area contributed by atoms with Gasteiger partial charge in [-0.3, -0.25) is 4.79 Å². The molecule has 0 amide bonds. The molecule has 0 unspecified atom stereocenters. The van der Waals surface area contributed by atoms with Crippen LogP contribution in [0.25, 0.3) is 0 Å². The van der Waals surface area contributed by atoms with Gasteiger partial charge in [0.1, 0.15) is 6.29 Å². The van der Waals surface area contributed by atoms with Gasteiger partial charge >= 0.3 is 0 Å². The van der Waals surface area contributed by atoms with Crippen LogP contribution >= 0.6 is 11.8 Å². The van der Waals surface area contributed by atoms with Gasteiger partial charge in [-0.1, -0.05) is 49.0 Å². The summed E-state index contributed by atoms with van der Waals surface area (Å²) in [5.41, 5.74) is 2.08. The van der Waals surface area contributed by atoms with Crippen molar-refractivity contribution in [3.05, 3.63) is 59.7 Å². The van der Waals surface area contributed by atoms with E-state index >= 15 is 0 Å². The number of carbonyl (C=O) groups excluding carboxylic acids is 1. The molecular weight excluding hydrogens is 228 g/mol. The van der Waals surface area contributed by atoms with Crippen molar-refractivity contribution in [2.45, 2.75) is 23.1 Å². The van der Waals surface area contributed by atoms with E-state index in [4.69, 9.17) is 0 Å². The molecule has 1 nitrogen and oxygen atoms in total. The van der Waals surface area contributed by atoms with Crippen LogP contribution in [0.3, 0.4) is 0 Å². The SMILES string of the molecule is CCc1ccccc1Sc1ccc(C=O)cc1. The van der Waals surface area contributed by atoms with Crippen LogP contribution in [0.2, 0.25) is 0 Å². The van der Waals surface area contributed by atoms with Gasteiger partial charge < -0.3 is 0 Å². The fourth-order valence-electron chi connectivity index (χ4n) is 1.64.